The Balaban J connectivity index is 2.40. The number of aromatic nitrogens is 2. The fourth-order valence-corrected chi connectivity index (χ4v) is 2.86. The molecule has 0 saturated heterocycles. The standard InChI is InChI=1S/C13H14ClN3S/c1-4-6-9(5-2)15-11-10-7-8(3)18-12(10)17-13(14)16-11/h1,7,9H,5-6H2,2-3H3,(H,15,16,17). The van der Waals surface area contributed by atoms with E-state index in [2.05, 4.69) is 34.2 Å². The Hall–Kier alpha value is -1.31. The van der Waals surface area contributed by atoms with Gasteiger partial charge in [0.15, 0.2) is 0 Å². The fourth-order valence-electron chi connectivity index (χ4n) is 1.76. The molecule has 18 heavy (non-hydrogen) atoms. The number of aryl methyl sites for hydroxylation is 1. The van der Waals surface area contributed by atoms with Crippen LogP contribution in [0.25, 0.3) is 10.2 Å². The Morgan fingerprint density at radius 2 is 2.33 bits per heavy atom. The molecule has 0 spiro atoms. The normalized spacial score (nSPS) is 12.3. The fraction of sp³-hybridized carbons (Fsp3) is 0.385. The van der Waals surface area contributed by atoms with Crippen molar-refractivity contribution in [3.05, 3.63) is 16.2 Å². The van der Waals surface area contributed by atoms with Crippen molar-refractivity contribution in [2.75, 3.05) is 5.32 Å². The SMILES string of the molecule is C#CCC(CC)Nc1nc(Cl)nc2sc(C)cc12. The van der Waals surface area contributed by atoms with Crippen LogP contribution in [0.3, 0.4) is 0 Å². The minimum Gasteiger partial charge on any atom is -0.366 e. The Morgan fingerprint density at radius 3 is 3.00 bits per heavy atom. The molecule has 2 aromatic rings. The zero-order valence-corrected chi connectivity index (χ0v) is 11.9. The number of anilines is 1. The molecule has 0 fully saturated rings. The highest BCUT2D eigenvalue weighted by Gasteiger charge is 2.12. The Labute approximate surface area is 116 Å². The van der Waals surface area contributed by atoms with Gasteiger partial charge >= 0.3 is 0 Å². The Bertz CT molecular complexity index is 600. The lowest BCUT2D eigenvalue weighted by Crippen LogP contribution is -2.18. The summed E-state index contributed by atoms with van der Waals surface area (Å²) in [6, 6.07) is 2.28. The van der Waals surface area contributed by atoms with Gasteiger partial charge in [-0.25, -0.2) is 9.97 Å². The van der Waals surface area contributed by atoms with E-state index in [1.807, 2.05) is 6.92 Å². The van der Waals surface area contributed by atoms with E-state index in [0.717, 1.165) is 22.5 Å². The van der Waals surface area contributed by atoms with Crippen molar-refractivity contribution in [2.24, 2.45) is 0 Å². The van der Waals surface area contributed by atoms with Gasteiger partial charge in [0, 0.05) is 17.3 Å². The van der Waals surface area contributed by atoms with E-state index in [1.165, 1.54) is 4.88 Å². The first kappa shape index (κ1) is 13.1. The number of hydrogen-bond donors (Lipinski definition) is 1. The molecule has 0 aliphatic carbocycles. The molecule has 0 aliphatic rings. The van der Waals surface area contributed by atoms with Crippen LogP contribution in [-0.4, -0.2) is 16.0 Å². The van der Waals surface area contributed by atoms with Gasteiger partial charge in [-0.1, -0.05) is 6.92 Å². The van der Waals surface area contributed by atoms with E-state index in [1.54, 1.807) is 11.3 Å². The van der Waals surface area contributed by atoms with Crippen LogP contribution >= 0.6 is 22.9 Å². The molecule has 5 heteroatoms. The van der Waals surface area contributed by atoms with Crippen molar-refractivity contribution in [3.8, 4) is 12.3 Å². The second-order valence-corrected chi connectivity index (χ2v) is 5.65. The zero-order valence-electron chi connectivity index (χ0n) is 10.3. The van der Waals surface area contributed by atoms with Gasteiger partial charge in [0.05, 0.1) is 5.39 Å². The second kappa shape index (κ2) is 5.55. The average Bonchev–Trinajstić information content (AvgIpc) is 2.68. The molecule has 0 amide bonds. The van der Waals surface area contributed by atoms with Crippen LogP contribution in [0.5, 0.6) is 0 Å². The first-order valence-electron chi connectivity index (χ1n) is 5.77. The van der Waals surface area contributed by atoms with Crippen molar-refractivity contribution in [1.82, 2.24) is 9.97 Å². The van der Waals surface area contributed by atoms with Crippen LogP contribution in [0.1, 0.15) is 24.6 Å². The predicted octanol–water partition coefficient (Wildman–Crippen LogP) is 3.87. The lowest BCUT2D eigenvalue weighted by Gasteiger charge is -2.15. The molecule has 94 valence electrons. The van der Waals surface area contributed by atoms with Crippen molar-refractivity contribution in [3.63, 3.8) is 0 Å². The Morgan fingerprint density at radius 1 is 1.56 bits per heavy atom. The lowest BCUT2D eigenvalue weighted by atomic mass is 10.1. The maximum Gasteiger partial charge on any atom is 0.225 e. The van der Waals surface area contributed by atoms with Crippen LogP contribution in [0.2, 0.25) is 5.28 Å². The lowest BCUT2D eigenvalue weighted by molar-refractivity contribution is 0.712. The van der Waals surface area contributed by atoms with Gasteiger partial charge in [0.1, 0.15) is 10.6 Å². The maximum absolute atomic E-state index is 5.94. The van der Waals surface area contributed by atoms with Gasteiger partial charge < -0.3 is 5.32 Å². The summed E-state index contributed by atoms with van der Waals surface area (Å²) in [6.45, 7) is 4.14. The van der Waals surface area contributed by atoms with Crippen molar-refractivity contribution < 1.29 is 0 Å². The monoisotopic (exact) mass is 279 g/mol. The minimum absolute atomic E-state index is 0.212. The highest BCUT2D eigenvalue weighted by Crippen LogP contribution is 2.30. The summed E-state index contributed by atoms with van der Waals surface area (Å²) < 4.78 is 0. The first-order valence-corrected chi connectivity index (χ1v) is 6.97. The maximum atomic E-state index is 5.94. The van der Waals surface area contributed by atoms with Crippen LogP contribution in [0.4, 0.5) is 5.82 Å². The van der Waals surface area contributed by atoms with E-state index < -0.39 is 0 Å². The summed E-state index contributed by atoms with van der Waals surface area (Å²) in [5, 5.41) is 4.63. The van der Waals surface area contributed by atoms with E-state index in [9.17, 15) is 0 Å². The molecule has 0 saturated carbocycles. The van der Waals surface area contributed by atoms with Crippen LogP contribution < -0.4 is 5.32 Å². The summed E-state index contributed by atoms with van der Waals surface area (Å²) in [7, 11) is 0. The first-order chi connectivity index (χ1) is 8.63. The molecule has 0 aromatic carbocycles. The quantitative estimate of drug-likeness (QED) is 0.682. The third kappa shape index (κ3) is 2.74. The van der Waals surface area contributed by atoms with Gasteiger partial charge in [0.25, 0.3) is 0 Å². The molecule has 1 atom stereocenters. The van der Waals surface area contributed by atoms with Crippen molar-refractivity contribution in [1.29, 1.82) is 0 Å². The van der Waals surface area contributed by atoms with E-state index in [4.69, 9.17) is 18.0 Å². The van der Waals surface area contributed by atoms with E-state index >= 15 is 0 Å². The molecule has 2 aromatic heterocycles. The number of nitrogens with zero attached hydrogens (tertiary/aromatic N) is 2. The predicted molar refractivity (Wildman–Crippen MR) is 78.3 cm³/mol. The molecule has 3 nitrogen and oxygen atoms in total. The summed E-state index contributed by atoms with van der Waals surface area (Å²) in [5.41, 5.74) is 0. The number of halogens is 1. The molecule has 0 radical (unpaired) electrons. The molecule has 2 rings (SSSR count). The summed E-state index contributed by atoms with van der Waals surface area (Å²) in [5.74, 6) is 3.45. The van der Waals surface area contributed by atoms with Crippen LogP contribution in [0, 0.1) is 19.3 Å². The second-order valence-electron chi connectivity index (χ2n) is 4.07. The highest BCUT2D eigenvalue weighted by atomic mass is 35.5. The molecule has 0 aliphatic heterocycles. The molecule has 1 unspecified atom stereocenters. The van der Waals surface area contributed by atoms with Gasteiger partial charge in [-0.05, 0) is 31.0 Å². The van der Waals surface area contributed by atoms with E-state index in [-0.39, 0.29) is 11.3 Å². The molecular weight excluding hydrogens is 266 g/mol. The van der Waals surface area contributed by atoms with Gasteiger partial charge in [0.2, 0.25) is 5.28 Å². The molecule has 2 heterocycles. The minimum atomic E-state index is 0.212. The topological polar surface area (TPSA) is 37.8 Å². The van der Waals surface area contributed by atoms with Crippen LogP contribution in [-0.2, 0) is 0 Å². The number of terminal acetylenes is 1. The average molecular weight is 280 g/mol. The highest BCUT2D eigenvalue weighted by molar-refractivity contribution is 7.18. The molecule has 0 bridgehead atoms. The van der Waals surface area contributed by atoms with Gasteiger partial charge in [-0.15, -0.1) is 23.7 Å². The zero-order chi connectivity index (χ0) is 13.1. The number of hydrogen-bond acceptors (Lipinski definition) is 4. The van der Waals surface area contributed by atoms with Crippen molar-refractivity contribution in [2.45, 2.75) is 32.7 Å². The van der Waals surface area contributed by atoms with Crippen molar-refractivity contribution >= 4 is 39.0 Å². The summed E-state index contributed by atoms with van der Waals surface area (Å²) >= 11 is 7.55. The third-order valence-corrected chi connectivity index (χ3v) is 3.80. The largest absolute Gasteiger partial charge is 0.366 e. The molecule has 1 N–H and O–H groups in total. The summed E-state index contributed by atoms with van der Waals surface area (Å²) in [4.78, 5) is 10.6. The Kier molecular flexibility index (Phi) is 4.05. The summed E-state index contributed by atoms with van der Waals surface area (Å²) in [6.07, 6.45) is 6.97. The number of nitrogens with one attached hydrogen (secondary N) is 1. The van der Waals surface area contributed by atoms with Gasteiger partial charge in [-0.2, -0.15) is 0 Å². The van der Waals surface area contributed by atoms with E-state index in [0.29, 0.717) is 6.42 Å². The van der Waals surface area contributed by atoms with Crippen LogP contribution in [0.15, 0.2) is 6.07 Å². The number of fused-ring (bicyclic) bond motifs is 1. The van der Waals surface area contributed by atoms with Gasteiger partial charge in [-0.3, -0.25) is 0 Å². The number of rotatable bonds is 4. The number of thiophene rings is 1. The molecular formula is C13H14ClN3S. The smallest absolute Gasteiger partial charge is 0.225 e. The third-order valence-electron chi connectivity index (χ3n) is 2.69.